The van der Waals surface area contributed by atoms with Gasteiger partial charge in [0.15, 0.2) is 0 Å². The first-order valence-corrected chi connectivity index (χ1v) is 7.10. The minimum Gasteiger partial charge on any atom is -0.463 e. The van der Waals surface area contributed by atoms with E-state index in [-0.39, 0.29) is 6.61 Å². The van der Waals surface area contributed by atoms with Crippen LogP contribution >= 0.6 is 23.2 Å². The third kappa shape index (κ3) is 3.14. The van der Waals surface area contributed by atoms with Crippen LogP contribution in [-0.2, 0) is 9.53 Å². The van der Waals surface area contributed by atoms with E-state index in [9.17, 15) is 9.59 Å². The van der Waals surface area contributed by atoms with Crippen molar-refractivity contribution in [2.75, 3.05) is 6.61 Å². The molecule has 112 valence electrons. The number of ether oxygens (including phenoxy) is 1. The molecule has 0 fully saturated rings. The molecule has 0 aromatic heterocycles. The first kappa shape index (κ1) is 15.7. The average molecular weight is 329 g/mol. The van der Waals surface area contributed by atoms with Gasteiger partial charge >= 0.3 is 12.0 Å². The predicted octanol–water partition coefficient (Wildman–Crippen LogP) is 3.18. The van der Waals surface area contributed by atoms with Crippen molar-refractivity contribution in [3.8, 4) is 0 Å². The van der Waals surface area contributed by atoms with E-state index in [0.717, 1.165) is 0 Å². The Balaban J connectivity index is 2.52. The number of carbonyl (C=O) groups excluding carboxylic acids is 2. The van der Waals surface area contributed by atoms with E-state index in [1.165, 1.54) is 0 Å². The maximum absolute atomic E-state index is 12.1. The van der Waals surface area contributed by atoms with E-state index in [0.29, 0.717) is 26.9 Å². The van der Waals surface area contributed by atoms with E-state index in [4.69, 9.17) is 27.9 Å². The summed E-state index contributed by atoms with van der Waals surface area (Å²) in [5, 5.41) is 5.87. The zero-order valence-corrected chi connectivity index (χ0v) is 13.0. The number of halogens is 2. The van der Waals surface area contributed by atoms with Crippen molar-refractivity contribution in [1.82, 2.24) is 10.6 Å². The van der Waals surface area contributed by atoms with E-state index >= 15 is 0 Å². The summed E-state index contributed by atoms with van der Waals surface area (Å²) in [4.78, 5) is 23.8. The molecule has 1 aromatic rings. The highest BCUT2D eigenvalue weighted by molar-refractivity contribution is 6.42. The van der Waals surface area contributed by atoms with Gasteiger partial charge in [-0.2, -0.15) is 0 Å². The molecular weight excluding hydrogens is 315 g/mol. The van der Waals surface area contributed by atoms with Gasteiger partial charge in [0.1, 0.15) is 0 Å². The molecular formula is C14H14Cl2N2O3. The third-order valence-electron chi connectivity index (χ3n) is 3.06. The van der Waals surface area contributed by atoms with Crippen LogP contribution in [0.2, 0.25) is 10.0 Å². The fourth-order valence-electron chi connectivity index (χ4n) is 2.15. The lowest BCUT2D eigenvalue weighted by atomic mass is 9.95. The molecule has 7 heteroatoms. The van der Waals surface area contributed by atoms with E-state index in [1.807, 2.05) is 0 Å². The van der Waals surface area contributed by atoms with Crippen LogP contribution < -0.4 is 10.6 Å². The van der Waals surface area contributed by atoms with Crippen molar-refractivity contribution in [3.05, 3.63) is 45.1 Å². The first-order valence-electron chi connectivity index (χ1n) is 6.35. The predicted molar refractivity (Wildman–Crippen MR) is 80.2 cm³/mol. The summed E-state index contributed by atoms with van der Waals surface area (Å²) in [6.45, 7) is 3.58. The number of hydrogen-bond donors (Lipinski definition) is 2. The molecule has 0 unspecified atom stereocenters. The number of amides is 2. The van der Waals surface area contributed by atoms with Gasteiger partial charge in [-0.1, -0.05) is 35.3 Å². The minimum atomic E-state index is -0.705. The number of hydrogen-bond acceptors (Lipinski definition) is 3. The zero-order chi connectivity index (χ0) is 15.6. The van der Waals surface area contributed by atoms with Gasteiger partial charge in [0.2, 0.25) is 0 Å². The average Bonchev–Trinajstić information content (AvgIpc) is 2.41. The molecule has 1 aromatic carbocycles. The lowest BCUT2D eigenvalue weighted by molar-refractivity contribution is -0.139. The van der Waals surface area contributed by atoms with Gasteiger partial charge in [-0.3, -0.25) is 0 Å². The standard InChI is InChI=1S/C14H14Cl2N2O3/c1-3-21-13(19)10-7(2)17-14(20)18-12(10)8-5-4-6-9(15)11(8)16/h4-6,12H,3H2,1-2H3,(H2,17,18,20)/t12-/m1/s1. The van der Waals surface area contributed by atoms with Gasteiger partial charge in [0.25, 0.3) is 0 Å². The van der Waals surface area contributed by atoms with Gasteiger partial charge in [-0.15, -0.1) is 0 Å². The molecule has 2 amide bonds. The maximum atomic E-state index is 12.1. The molecule has 0 aliphatic carbocycles. The summed E-state index contributed by atoms with van der Waals surface area (Å²) in [7, 11) is 0. The largest absolute Gasteiger partial charge is 0.463 e. The second kappa shape index (κ2) is 6.37. The van der Waals surface area contributed by atoms with Crippen LogP contribution in [0, 0.1) is 0 Å². The Kier molecular flexibility index (Phi) is 4.75. The Morgan fingerprint density at radius 1 is 1.38 bits per heavy atom. The van der Waals surface area contributed by atoms with Crippen LogP contribution in [0.5, 0.6) is 0 Å². The molecule has 1 atom stereocenters. The monoisotopic (exact) mass is 328 g/mol. The zero-order valence-electron chi connectivity index (χ0n) is 11.5. The fraction of sp³-hybridized carbons (Fsp3) is 0.286. The maximum Gasteiger partial charge on any atom is 0.338 e. The van der Waals surface area contributed by atoms with Crippen LogP contribution in [0.1, 0.15) is 25.5 Å². The third-order valence-corrected chi connectivity index (χ3v) is 3.89. The van der Waals surface area contributed by atoms with Gasteiger partial charge in [0, 0.05) is 5.70 Å². The highest BCUT2D eigenvalue weighted by Crippen LogP contribution is 2.35. The Morgan fingerprint density at radius 2 is 2.10 bits per heavy atom. The molecule has 1 aliphatic rings. The minimum absolute atomic E-state index is 0.236. The first-order chi connectivity index (χ1) is 9.95. The Labute approximate surface area is 132 Å². The molecule has 0 radical (unpaired) electrons. The van der Waals surface area contributed by atoms with Crippen molar-refractivity contribution in [2.24, 2.45) is 0 Å². The second-order valence-electron chi connectivity index (χ2n) is 4.43. The fourth-order valence-corrected chi connectivity index (χ4v) is 2.57. The van der Waals surface area contributed by atoms with Gasteiger partial charge in [-0.05, 0) is 25.5 Å². The Morgan fingerprint density at radius 3 is 2.76 bits per heavy atom. The quantitative estimate of drug-likeness (QED) is 0.837. The number of urea groups is 1. The van der Waals surface area contributed by atoms with E-state index in [2.05, 4.69) is 10.6 Å². The van der Waals surface area contributed by atoms with Crippen molar-refractivity contribution < 1.29 is 14.3 Å². The summed E-state index contributed by atoms with van der Waals surface area (Å²) >= 11 is 12.2. The van der Waals surface area contributed by atoms with Crippen LogP contribution in [0.25, 0.3) is 0 Å². The number of carbonyl (C=O) groups is 2. The van der Waals surface area contributed by atoms with E-state index in [1.54, 1.807) is 32.0 Å². The number of esters is 1. The van der Waals surface area contributed by atoms with Crippen molar-refractivity contribution in [3.63, 3.8) is 0 Å². The molecule has 0 saturated carbocycles. The van der Waals surface area contributed by atoms with Crippen molar-refractivity contribution in [1.29, 1.82) is 0 Å². The Hall–Kier alpha value is -1.72. The molecule has 0 saturated heterocycles. The molecule has 2 rings (SSSR count). The summed E-state index contributed by atoms with van der Waals surface area (Å²) in [5.41, 5.74) is 1.28. The summed E-state index contributed by atoms with van der Waals surface area (Å²) in [6, 6.07) is 3.93. The summed E-state index contributed by atoms with van der Waals surface area (Å²) in [5.74, 6) is -0.511. The van der Waals surface area contributed by atoms with Gasteiger partial charge < -0.3 is 15.4 Å². The molecule has 2 N–H and O–H groups in total. The molecule has 1 heterocycles. The molecule has 21 heavy (non-hydrogen) atoms. The summed E-state index contributed by atoms with van der Waals surface area (Å²) in [6.07, 6.45) is 0. The lowest BCUT2D eigenvalue weighted by Gasteiger charge is -2.28. The van der Waals surface area contributed by atoms with Crippen molar-refractivity contribution >= 4 is 35.2 Å². The normalized spacial score (nSPS) is 18.1. The number of allylic oxidation sites excluding steroid dienone is 1. The molecule has 5 nitrogen and oxygen atoms in total. The smallest absolute Gasteiger partial charge is 0.338 e. The number of rotatable bonds is 3. The topological polar surface area (TPSA) is 67.4 Å². The van der Waals surface area contributed by atoms with Crippen LogP contribution in [-0.4, -0.2) is 18.6 Å². The SMILES string of the molecule is CCOC(=O)C1=C(C)NC(=O)N[C@@H]1c1cccc(Cl)c1Cl. The molecule has 1 aliphatic heterocycles. The summed E-state index contributed by atoms with van der Waals surface area (Å²) < 4.78 is 5.04. The van der Waals surface area contributed by atoms with E-state index < -0.39 is 18.0 Å². The van der Waals surface area contributed by atoms with Gasteiger partial charge in [-0.25, -0.2) is 9.59 Å². The second-order valence-corrected chi connectivity index (χ2v) is 5.22. The van der Waals surface area contributed by atoms with Crippen LogP contribution in [0.4, 0.5) is 4.79 Å². The Bertz CT molecular complexity index is 629. The number of nitrogens with one attached hydrogen (secondary N) is 2. The molecule has 0 bridgehead atoms. The highest BCUT2D eigenvalue weighted by Gasteiger charge is 2.33. The van der Waals surface area contributed by atoms with Crippen molar-refractivity contribution in [2.45, 2.75) is 19.9 Å². The molecule has 0 spiro atoms. The van der Waals surface area contributed by atoms with Crippen LogP contribution in [0.15, 0.2) is 29.5 Å². The highest BCUT2D eigenvalue weighted by atomic mass is 35.5. The van der Waals surface area contributed by atoms with Gasteiger partial charge in [0.05, 0.1) is 28.3 Å². The lowest BCUT2D eigenvalue weighted by Crippen LogP contribution is -2.45. The number of benzene rings is 1. The van der Waals surface area contributed by atoms with Crippen LogP contribution in [0.3, 0.4) is 0 Å².